The zero-order chi connectivity index (χ0) is 9.84. The highest BCUT2D eigenvalue weighted by Crippen LogP contribution is 2.23. The number of carboxylic acids is 1. The van der Waals surface area contributed by atoms with Crippen molar-refractivity contribution in [1.82, 2.24) is 0 Å². The first kappa shape index (κ1) is 9.38. The molecule has 0 heterocycles. The third-order valence-corrected chi connectivity index (χ3v) is 1.47. The zero-order valence-electron chi connectivity index (χ0n) is 6.86. The van der Waals surface area contributed by atoms with Crippen LogP contribution < -0.4 is 4.74 Å². The lowest BCUT2D eigenvalue weighted by atomic mass is 10.2. The fourth-order valence-electron chi connectivity index (χ4n) is 0.900. The van der Waals surface area contributed by atoms with E-state index in [0.717, 1.165) is 0 Å². The Bertz CT molecular complexity index is 319. The van der Waals surface area contributed by atoms with Gasteiger partial charge in [0.25, 0.3) is 0 Å². The Morgan fingerprint density at radius 2 is 2.23 bits per heavy atom. The van der Waals surface area contributed by atoms with E-state index < -0.39 is 5.97 Å². The summed E-state index contributed by atoms with van der Waals surface area (Å²) in [5, 5.41) is 17.8. The topological polar surface area (TPSA) is 66.8 Å². The van der Waals surface area contributed by atoms with Crippen molar-refractivity contribution in [3.63, 3.8) is 0 Å². The Morgan fingerprint density at radius 1 is 1.54 bits per heavy atom. The van der Waals surface area contributed by atoms with Crippen molar-refractivity contribution in [2.24, 2.45) is 0 Å². The fourth-order valence-corrected chi connectivity index (χ4v) is 0.900. The van der Waals surface area contributed by atoms with Gasteiger partial charge >= 0.3 is 5.97 Å². The number of phenols is 1. The molecule has 4 nitrogen and oxygen atoms in total. The third kappa shape index (κ3) is 2.11. The molecule has 1 radical (unpaired) electrons. The molecule has 0 atom stereocenters. The first-order chi connectivity index (χ1) is 6.15. The number of aromatic hydroxyl groups is 1. The molecule has 0 aliphatic rings. The molecule has 0 bridgehead atoms. The van der Waals surface area contributed by atoms with Crippen LogP contribution in [-0.4, -0.2) is 22.8 Å². The molecule has 0 aliphatic heterocycles. The van der Waals surface area contributed by atoms with E-state index in [9.17, 15) is 9.90 Å². The highest BCUT2D eigenvalue weighted by molar-refractivity contribution is 5.90. The van der Waals surface area contributed by atoms with Crippen molar-refractivity contribution in [3.05, 3.63) is 30.7 Å². The number of aromatic carboxylic acids is 1. The number of ether oxygens (including phenoxy) is 1. The lowest BCUT2D eigenvalue weighted by Gasteiger charge is -2.04. The van der Waals surface area contributed by atoms with Gasteiger partial charge in [-0.25, -0.2) is 4.79 Å². The summed E-state index contributed by atoms with van der Waals surface area (Å²) in [6, 6.07) is 3.99. The molecule has 0 unspecified atom stereocenters. The summed E-state index contributed by atoms with van der Waals surface area (Å²) < 4.78 is 4.96. The van der Waals surface area contributed by atoms with Gasteiger partial charge in [0, 0.05) is 6.07 Å². The average Bonchev–Trinajstić information content (AvgIpc) is 2.04. The maximum Gasteiger partial charge on any atom is 0.339 e. The van der Waals surface area contributed by atoms with Gasteiger partial charge in [0.15, 0.2) is 0 Å². The van der Waals surface area contributed by atoms with Crippen molar-refractivity contribution in [3.8, 4) is 11.5 Å². The van der Waals surface area contributed by atoms with E-state index in [0.29, 0.717) is 5.75 Å². The molecule has 0 saturated heterocycles. The molecule has 0 amide bonds. The zero-order valence-corrected chi connectivity index (χ0v) is 6.86. The van der Waals surface area contributed by atoms with Gasteiger partial charge in [0.1, 0.15) is 17.1 Å². The highest BCUT2D eigenvalue weighted by atomic mass is 16.5. The van der Waals surface area contributed by atoms with Crippen LogP contribution in [0.4, 0.5) is 0 Å². The molecular weight excluding hydrogens is 172 g/mol. The molecule has 0 aliphatic carbocycles. The second-order valence-electron chi connectivity index (χ2n) is 2.33. The van der Waals surface area contributed by atoms with Gasteiger partial charge < -0.3 is 14.9 Å². The number of carboxylic acid groups (broad SMARTS) is 1. The Kier molecular flexibility index (Phi) is 2.74. The Hall–Kier alpha value is -1.71. The molecule has 1 aromatic carbocycles. The minimum Gasteiger partial charge on any atom is -0.507 e. The van der Waals surface area contributed by atoms with Gasteiger partial charge in [-0.1, -0.05) is 0 Å². The van der Waals surface area contributed by atoms with E-state index in [1.54, 1.807) is 0 Å². The average molecular weight is 181 g/mol. The third-order valence-electron chi connectivity index (χ3n) is 1.47. The Balaban J connectivity index is 2.98. The SMILES string of the molecule is [CH2]COc1ccc(C(=O)O)c(O)c1. The lowest BCUT2D eigenvalue weighted by molar-refractivity contribution is 0.0693. The van der Waals surface area contributed by atoms with Crippen molar-refractivity contribution >= 4 is 5.97 Å². The molecule has 1 aromatic rings. The van der Waals surface area contributed by atoms with Gasteiger partial charge in [-0.2, -0.15) is 0 Å². The first-order valence-corrected chi connectivity index (χ1v) is 3.63. The molecular formula is C9H9O4. The summed E-state index contributed by atoms with van der Waals surface area (Å²) in [5.74, 6) is -1.07. The summed E-state index contributed by atoms with van der Waals surface area (Å²) in [7, 11) is 0. The molecule has 0 spiro atoms. The number of carbonyl (C=O) groups is 1. The van der Waals surface area contributed by atoms with Crippen LogP contribution in [0.3, 0.4) is 0 Å². The minimum absolute atomic E-state index is 0.142. The molecule has 0 saturated carbocycles. The number of hydrogen-bond donors (Lipinski definition) is 2. The minimum atomic E-state index is -1.17. The lowest BCUT2D eigenvalue weighted by Crippen LogP contribution is -1.97. The van der Waals surface area contributed by atoms with Crippen LogP contribution in [0.15, 0.2) is 18.2 Å². The smallest absolute Gasteiger partial charge is 0.339 e. The van der Waals surface area contributed by atoms with Crippen LogP contribution in [0, 0.1) is 6.92 Å². The quantitative estimate of drug-likeness (QED) is 0.737. The van der Waals surface area contributed by atoms with Crippen LogP contribution >= 0.6 is 0 Å². The number of hydrogen-bond acceptors (Lipinski definition) is 3. The highest BCUT2D eigenvalue weighted by Gasteiger charge is 2.09. The van der Waals surface area contributed by atoms with Gasteiger partial charge in [-0.15, -0.1) is 0 Å². The largest absolute Gasteiger partial charge is 0.507 e. The second kappa shape index (κ2) is 3.80. The van der Waals surface area contributed by atoms with Gasteiger partial charge in [0.05, 0.1) is 6.61 Å². The number of benzene rings is 1. The van der Waals surface area contributed by atoms with Crippen LogP contribution in [0.2, 0.25) is 0 Å². The fraction of sp³-hybridized carbons (Fsp3) is 0.111. The summed E-state index contributed by atoms with van der Waals surface area (Å²) in [6.07, 6.45) is 0. The molecule has 1 rings (SSSR count). The van der Waals surface area contributed by atoms with E-state index in [1.165, 1.54) is 18.2 Å². The summed E-state index contributed by atoms with van der Waals surface area (Å²) in [4.78, 5) is 10.5. The predicted octanol–water partition coefficient (Wildman–Crippen LogP) is 1.30. The van der Waals surface area contributed by atoms with Crippen LogP contribution in [-0.2, 0) is 0 Å². The van der Waals surface area contributed by atoms with Crippen LogP contribution in [0.25, 0.3) is 0 Å². The van der Waals surface area contributed by atoms with Crippen molar-refractivity contribution < 1.29 is 19.7 Å². The maximum atomic E-state index is 10.5. The monoisotopic (exact) mass is 181 g/mol. The van der Waals surface area contributed by atoms with E-state index in [4.69, 9.17) is 9.84 Å². The van der Waals surface area contributed by atoms with Crippen molar-refractivity contribution in [2.75, 3.05) is 6.61 Å². The number of rotatable bonds is 3. The molecule has 0 fully saturated rings. The predicted molar refractivity (Wildman–Crippen MR) is 45.9 cm³/mol. The summed E-state index contributed by atoms with van der Waals surface area (Å²) >= 11 is 0. The van der Waals surface area contributed by atoms with Crippen molar-refractivity contribution in [1.29, 1.82) is 0 Å². The van der Waals surface area contributed by atoms with E-state index in [2.05, 4.69) is 6.92 Å². The molecule has 4 heteroatoms. The normalized spacial score (nSPS) is 9.62. The van der Waals surface area contributed by atoms with E-state index in [1.807, 2.05) is 0 Å². The Labute approximate surface area is 75.4 Å². The van der Waals surface area contributed by atoms with Gasteiger partial charge in [0.2, 0.25) is 0 Å². The van der Waals surface area contributed by atoms with Crippen molar-refractivity contribution in [2.45, 2.75) is 0 Å². The molecule has 13 heavy (non-hydrogen) atoms. The Morgan fingerprint density at radius 3 is 2.69 bits per heavy atom. The molecule has 0 aromatic heterocycles. The molecule has 69 valence electrons. The standard InChI is InChI=1S/C9H9O4/c1-2-13-6-3-4-7(9(11)12)8(10)5-6/h3-5,10H,1-2H2,(H,11,12). The van der Waals surface area contributed by atoms with E-state index >= 15 is 0 Å². The molecule has 2 N–H and O–H groups in total. The first-order valence-electron chi connectivity index (χ1n) is 3.63. The van der Waals surface area contributed by atoms with Crippen LogP contribution in [0.5, 0.6) is 11.5 Å². The summed E-state index contributed by atoms with van der Waals surface area (Å²) in [5.41, 5.74) is -0.142. The summed E-state index contributed by atoms with van der Waals surface area (Å²) in [6.45, 7) is 3.68. The second-order valence-corrected chi connectivity index (χ2v) is 2.33. The van der Waals surface area contributed by atoms with Gasteiger partial charge in [-0.3, -0.25) is 0 Å². The van der Waals surface area contributed by atoms with E-state index in [-0.39, 0.29) is 17.9 Å². The van der Waals surface area contributed by atoms with Crippen LogP contribution in [0.1, 0.15) is 10.4 Å². The van der Waals surface area contributed by atoms with Gasteiger partial charge in [-0.05, 0) is 19.1 Å². The maximum absolute atomic E-state index is 10.5.